The lowest BCUT2D eigenvalue weighted by Gasteiger charge is -2.10. The van der Waals surface area contributed by atoms with Gasteiger partial charge in [0.2, 0.25) is 5.91 Å². The molecule has 1 amide bonds. The van der Waals surface area contributed by atoms with Crippen molar-refractivity contribution in [2.24, 2.45) is 5.73 Å². The molecule has 0 aromatic carbocycles. The molecule has 0 aliphatic rings. The molecule has 0 aliphatic carbocycles. The highest BCUT2D eigenvalue weighted by Crippen LogP contribution is 2.16. The lowest BCUT2D eigenvalue weighted by atomic mass is 10.2. The molecule has 0 fully saturated rings. The third-order valence-corrected chi connectivity index (χ3v) is 3.41. The van der Waals surface area contributed by atoms with Gasteiger partial charge in [0.15, 0.2) is 0 Å². The summed E-state index contributed by atoms with van der Waals surface area (Å²) in [6.45, 7) is 1.46. The van der Waals surface area contributed by atoms with Crippen LogP contribution in [0.4, 0.5) is 0 Å². The number of amides is 1. The minimum Gasteiger partial charge on any atom is -0.385 e. The van der Waals surface area contributed by atoms with Crippen LogP contribution in [0.3, 0.4) is 0 Å². The number of rotatable bonds is 8. The van der Waals surface area contributed by atoms with Crippen LogP contribution in [0, 0.1) is 0 Å². The Morgan fingerprint density at radius 3 is 3.00 bits per heavy atom. The van der Waals surface area contributed by atoms with Crippen molar-refractivity contribution in [3.8, 4) is 0 Å². The Bertz CT molecular complexity index is 314. The van der Waals surface area contributed by atoms with Crippen LogP contribution in [0.25, 0.3) is 0 Å². The minimum absolute atomic E-state index is 0.0980. The molecule has 5 heteroatoms. The average molecular weight is 256 g/mol. The molecule has 96 valence electrons. The van der Waals surface area contributed by atoms with Crippen molar-refractivity contribution in [2.75, 3.05) is 20.3 Å². The molecule has 0 bridgehead atoms. The monoisotopic (exact) mass is 256 g/mol. The van der Waals surface area contributed by atoms with Crippen LogP contribution in [0.2, 0.25) is 0 Å². The number of hydrogen-bond acceptors (Lipinski definition) is 4. The van der Waals surface area contributed by atoms with Gasteiger partial charge in [-0.05, 0) is 30.7 Å². The maximum atomic E-state index is 11.7. The SMILES string of the molecule is COCCCCCNC(=O)C(N)c1cccs1. The van der Waals surface area contributed by atoms with Crippen molar-refractivity contribution >= 4 is 17.2 Å². The highest BCUT2D eigenvalue weighted by molar-refractivity contribution is 7.10. The number of hydrogen-bond donors (Lipinski definition) is 2. The highest BCUT2D eigenvalue weighted by atomic mass is 32.1. The molecule has 0 radical (unpaired) electrons. The van der Waals surface area contributed by atoms with Crippen LogP contribution in [0.15, 0.2) is 17.5 Å². The second kappa shape index (κ2) is 8.22. The van der Waals surface area contributed by atoms with Crippen molar-refractivity contribution in [3.05, 3.63) is 22.4 Å². The van der Waals surface area contributed by atoms with Gasteiger partial charge in [0, 0.05) is 25.1 Å². The van der Waals surface area contributed by atoms with E-state index in [9.17, 15) is 4.79 Å². The maximum absolute atomic E-state index is 11.7. The van der Waals surface area contributed by atoms with Crippen LogP contribution >= 0.6 is 11.3 Å². The number of unbranched alkanes of at least 4 members (excludes halogenated alkanes) is 2. The largest absolute Gasteiger partial charge is 0.385 e. The predicted molar refractivity (Wildman–Crippen MR) is 70.0 cm³/mol. The molecular formula is C12H20N2O2S. The smallest absolute Gasteiger partial charge is 0.242 e. The summed E-state index contributed by atoms with van der Waals surface area (Å²) >= 11 is 1.51. The van der Waals surface area contributed by atoms with E-state index in [1.54, 1.807) is 7.11 Å². The third-order valence-electron chi connectivity index (χ3n) is 2.46. The molecule has 1 heterocycles. The first kappa shape index (κ1) is 14.2. The van der Waals surface area contributed by atoms with E-state index in [0.717, 1.165) is 30.7 Å². The van der Waals surface area contributed by atoms with Gasteiger partial charge in [-0.2, -0.15) is 0 Å². The lowest BCUT2D eigenvalue weighted by molar-refractivity contribution is -0.122. The van der Waals surface area contributed by atoms with Crippen LogP contribution in [0.5, 0.6) is 0 Å². The molecule has 1 aromatic heterocycles. The molecule has 1 unspecified atom stereocenters. The van der Waals surface area contributed by atoms with Gasteiger partial charge < -0.3 is 15.8 Å². The topological polar surface area (TPSA) is 64.3 Å². The first-order valence-electron chi connectivity index (χ1n) is 5.81. The van der Waals surface area contributed by atoms with Gasteiger partial charge in [-0.1, -0.05) is 6.07 Å². The number of carbonyl (C=O) groups is 1. The zero-order chi connectivity index (χ0) is 12.5. The maximum Gasteiger partial charge on any atom is 0.242 e. The summed E-state index contributed by atoms with van der Waals surface area (Å²) in [6.07, 6.45) is 3.05. The molecule has 0 saturated carbocycles. The van der Waals surface area contributed by atoms with Gasteiger partial charge in [-0.15, -0.1) is 11.3 Å². The summed E-state index contributed by atoms with van der Waals surface area (Å²) < 4.78 is 4.95. The van der Waals surface area contributed by atoms with E-state index in [0.29, 0.717) is 6.54 Å². The molecule has 4 nitrogen and oxygen atoms in total. The predicted octanol–water partition coefficient (Wildman–Crippen LogP) is 1.68. The lowest BCUT2D eigenvalue weighted by Crippen LogP contribution is -2.34. The van der Waals surface area contributed by atoms with Gasteiger partial charge in [-0.25, -0.2) is 0 Å². The molecule has 0 aliphatic heterocycles. The van der Waals surface area contributed by atoms with E-state index in [1.165, 1.54) is 11.3 Å². The fourth-order valence-electron chi connectivity index (χ4n) is 1.47. The Hall–Kier alpha value is -0.910. The van der Waals surface area contributed by atoms with Crippen molar-refractivity contribution in [3.63, 3.8) is 0 Å². The quantitative estimate of drug-likeness (QED) is 0.696. The summed E-state index contributed by atoms with van der Waals surface area (Å²) in [7, 11) is 1.70. The number of nitrogens with one attached hydrogen (secondary N) is 1. The summed E-state index contributed by atoms with van der Waals surface area (Å²) in [5.41, 5.74) is 5.82. The van der Waals surface area contributed by atoms with E-state index >= 15 is 0 Å². The molecule has 0 saturated heterocycles. The van der Waals surface area contributed by atoms with Crippen LogP contribution < -0.4 is 11.1 Å². The van der Waals surface area contributed by atoms with Gasteiger partial charge in [0.25, 0.3) is 0 Å². The molecular weight excluding hydrogens is 236 g/mol. The van der Waals surface area contributed by atoms with Gasteiger partial charge in [-0.3, -0.25) is 4.79 Å². The van der Waals surface area contributed by atoms with E-state index in [4.69, 9.17) is 10.5 Å². The Balaban J connectivity index is 2.13. The van der Waals surface area contributed by atoms with Gasteiger partial charge >= 0.3 is 0 Å². The van der Waals surface area contributed by atoms with E-state index < -0.39 is 6.04 Å². The third kappa shape index (κ3) is 5.30. The van der Waals surface area contributed by atoms with Crippen molar-refractivity contribution in [2.45, 2.75) is 25.3 Å². The second-order valence-electron chi connectivity index (χ2n) is 3.84. The molecule has 1 aromatic rings. The first-order valence-corrected chi connectivity index (χ1v) is 6.69. The summed E-state index contributed by atoms with van der Waals surface area (Å²) in [6, 6.07) is 3.25. The Morgan fingerprint density at radius 1 is 1.53 bits per heavy atom. The Kier molecular flexibility index (Phi) is 6.84. The standard InChI is InChI=1S/C12H20N2O2S/c1-16-8-4-2-3-7-14-12(15)11(13)10-6-5-9-17-10/h5-6,9,11H,2-4,7-8,13H2,1H3,(H,14,15). The normalized spacial score (nSPS) is 12.4. The second-order valence-corrected chi connectivity index (χ2v) is 4.82. The van der Waals surface area contributed by atoms with Gasteiger partial charge in [0.1, 0.15) is 6.04 Å². The summed E-state index contributed by atoms with van der Waals surface area (Å²) in [5.74, 6) is -0.0980. The van der Waals surface area contributed by atoms with Crippen LogP contribution in [-0.4, -0.2) is 26.2 Å². The molecule has 17 heavy (non-hydrogen) atoms. The van der Waals surface area contributed by atoms with Gasteiger partial charge in [0.05, 0.1) is 0 Å². The summed E-state index contributed by atoms with van der Waals surface area (Å²) in [4.78, 5) is 12.6. The van der Waals surface area contributed by atoms with Crippen molar-refractivity contribution in [1.29, 1.82) is 0 Å². The van der Waals surface area contributed by atoms with E-state index in [2.05, 4.69) is 5.32 Å². The number of thiophene rings is 1. The van der Waals surface area contributed by atoms with Crippen molar-refractivity contribution in [1.82, 2.24) is 5.32 Å². The zero-order valence-electron chi connectivity index (χ0n) is 10.1. The number of carbonyl (C=O) groups excluding carboxylic acids is 1. The average Bonchev–Trinajstić information content (AvgIpc) is 2.86. The molecule has 1 rings (SSSR count). The summed E-state index contributed by atoms with van der Waals surface area (Å²) in [5, 5.41) is 4.77. The Labute approximate surface area is 106 Å². The number of ether oxygens (including phenoxy) is 1. The van der Waals surface area contributed by atoms with E-state index in [-0.39, 0.29) is 5.91 Å². The number of methoxy groups -OCH3 is 1. The molecule has 0 spiro atoms. The molecule has 1 atom stereocenters. The fraction of sp³-hybridized carbons (Fsp3) is 0.583. The Morgan fingerprint density at radius 2 is 2.35 bits per heavy atom. The first-order chi connectivity index (χ1) is 8.25. The molecule has 3 N–H and O–H groups in total. The highest BCUT2D eigenvalue weighted by Gasteiger charge is 2.15. The fourth-order valence-corrected chi connectivity index (χ4v) is 2.19. The van der Waals surface area contributed by atoms with Crippen LogP contribution in [-0.2, 0) is 9.53 Å². The zero-order valence-corrected chi connectivity index (χ0v) is 11.0. The van der Waals surface area contributed by atoms with Crippen molar-refractivity contribution < 1.29 is 9.53 Å². The number of nitrogens with two attached hydrogens (primary N) is 1. The minimum atomic E-state index is -0.533. The van der Waals surface area contributed by atoms with E-state index in [1.807, 2.05) is 17.5 Å². The van der Waals surface area contributed by atoms with Crippen LogP contribution in [0.1, 0.15) is 30.2 Å².